The van der Waals surface area contributed by atoms with E-state index in [-0.39, 0.29) is 17.2 Å². The zero-order valence-corrected chi connectivity index (χ0v) is 14.5. The van der Waals surface area contributed by atoms with Gasteiger partial charge in [-0.25, -0.2) is 0 Å². The lowest BCUT2D eigenvalue weighted by atomic mass is 10.0. The molecule has 0 saturated heterocycles. The minimum Gasteiger partial charge on any atom is -0.504 e. The van der Waals surface area contributed by atoms with Crippen molar-refractivity contribution < 1.29 is 40.2 Å². The van der Waals surface area contributed by atoms with Crippen LogP contribution in [0.15, 0.2) is 48.6 Å². The highest BCUT2D eigenvalue weighted by molar-refractivity contribution is 6.03. The third-order valence-corrected chi connectivity index (χ3v) is 3.70. The average Bonchev–Trinajstić information content (AvgIpc) is 2.63. The van der Waals surface area contributed by atoms with Crippen LogP contribution in [0.4, 0.5) is 0 Å². The smallest absolute Gasteiger partial charge is 0.235 e. The van der Waals surface area contributed by atoms with E-state index in [9.17, 15) is 40.2 Å². The number of rotatable bonds is 7. The molecule has 6 N–H and O–H groups in total. The van der Waals surface area contributed by atoms with E-state index in [2.05, 4.69) is 0 Å². The fraction of sp³-hybridized carbons (Fsp3) is 0.100. The normalized spacial score (nSPS) is 11.9. The molecule has 2 aromatic rings. The van der Waals surface area contributed by atoms with E-state index in [0.29, 0.717) is 11.1 Å². The molecule has 146 valence electrons. The van der Waals surface area contributed by atoms with Crippen LogP contribution in [0.5, 0.6) is 23.0 Å². The maximum Gasteiger partial charge on any atom is 0.235 e. The minimum atomic E-state index is -2.94. The van der Waals surface area contributed by atoms with E-state index < -0.39 is 29.5 Å². The Morgan fingerprint density at radius 2 is 1.21 bits per heavy atom. The van der Waals surface area contributed by atoms with Crippen LogP contribution in [0.3, 0.4) is 0 Å². The molecule has 0 fully saturated rings. The number of benzene rings is 2. The van der Waals surface area contributed by atoms with Crippen LogP contribution in [0, 0.1) is 0 Å². The molecule has 28 heavy (non-hydrogen) atoms. The minimum absolute atomic E-state index is 0.317. The van der Waals surface area contributed by atoms with Crippen LogP contribution in [0.25, 0.3) is 12.2 Å². The lowest BCUT2D eigenvalue weighted by Crippen LogP contribution is -2.39. The van der Waals surface area contributed by atoms with Gasteiger partial charge in [-0.05, 0) is 47.5 Å². The maximum absolute atomic E-state index is 11.9. The Balaban J connectivity index is 2.02. The Kier molecular flexibility index (Phi) is 6.19. The van der Waals surface area contributed by atoms with Gasteiger partial charge in [0, 0.05) is 0 Å². The molecule has 2 rings (SSSR count). The van der Waals surface area contributed by atoms with Gasteiger partial charge in [0.2, 0.25) is 11.6 Å². The van der Waals surface area contributed by atoms with Crippen molar-refractivity contribution in [2.24, 2.45) is 0 Å². The van der Waals surface area contributed by atoms with Gasteiger partial charge in [-0.3, -0.25) is 9.59 Å². The largest absolute Gasteiger partial charge is 0.504 e. The van der Waals surface area contributed by atoms with E-state index in [1.165, 1.54) is 42.5 Å². The Bertz CT molecular complexity index is 957. The fourth-order valence-electron chi connectivity index (χ4n) is 2.17. The molecule has 0 aliphatic heterocycles. The maximum atomic E-state index is 11.9. The summed E-state index contributed by atoms with van der Waals surface area (Å²) in [6.07, 6.45) is 3.39. The van der Waals surface area contributed by atoms with Gasteiger partial charge in [-0.1, -0.05) is 24.3 Å². The molecule has 0 saturated carbocycles. The van der Waals surface area contributed by atoms with Gasteiger partial charge < -0.3 is 30.6 Å². The molecule has 2 aromatic carbocycles. The molecule has 0 aliphatic rings. The van der Waals surface area contributed by atoms with Crippen molar-refractivity contribution in [1.29, 1.82) is 0 Å². The van der Waals surface area contributed by atoms with Gasteiger partial charge in [0.1, 0.15) is 0 Å². The molecule has 0 aliphatic carbocycles. The Morgan fingerprint density at radius 1 is 0.750 bits per heavy atom. The number of allylic oxidation sites excluding steroid dienone is 1. The molecule has 0 atom stereocenters. The summed E-state index contributed by atoms with van der Waals surface area (Å²) in [4.78, 5) is 23.8. The zero-order chi connectivity index (χ0) is 20.9. The fourth-order valence-corrected chi connectivity index (χ4v) is 2.17. The Hall–Kier alpha value is -3.62. The summed E-state index contributed by atoms with van der Waals surface area (Å²) in [6, 6.07) is 7.58. The van der Waals surface area contributed by atoms with Crippen LogP contribution in [0.2, 0.25) is 0 Å². The van der Waals surface area contributed by atoms with E-state index in [4.69, 9.17) is 0 Å². The second-order valence-electron chi connectivity index (χ2n) is 5.99. The summed E-state index contributed by atoms with van der Waals surface area (Å²) in [5, 5.41) is 56.9. The van der Waals surface area contributed by atoms with Crippen molar-refractivity contribution in [2.75, 3.05) is 0 Å². The number of hydrogen-bond acceptors (Lipinski definition) is 8. The molecular weight excluding hydrogens is 368 g/mol. The van der Waals surface area contributed by atoms with Crippen molar-refractivity contribution in [3.63, 3.8) is 0 Å². The second-order valence-corrected chi connectivity index (χ2v) is 5.99. The Labute approximate surface area is 159 Å². The molecule has 0 heterocycles. The number of aromatic hydroxyl groups is 4. The summed E-state index contributed by atoms with van der Waals surface area (Å²) in [6.45, 7) is 0. The van der Waals surface area contributed by atoms with Crippen molar-refractivity contribution in [2.45, 2.75) is 12.2 Å². The first-order chi connectivity index (χ1) is 13.1. The van der Waals surface area contributed by atoms with Crippen molar-refractivity contribution in [1.82, 2.24) is 0 Å². The number of carbonyl (C=O) groups is 2. The lowest BCUT2D eigenvalue weighted by Gasteiger charge is -2.16. The SMILES string of the molecule is O=C(/C=C/c1ccc(O)c(O)c1)CC(O)(O)C(=O)/C=C/c1ccc(O)c(O)c1. The van der Waals surface area contributed by atoms with Crippen LogP contribution in [0.1, 0.15) is 17.5 Å². The molecular formula is C20H18O8. The standard InChI is InChI=1S/C20H18O8/c21-14(5-1-12-2-6-15(22)17(24)9-12)11-20(27,28)19(26)8-4-13-3-7-16(23)18(25)10-13/h1-10,22-25,27-28H,11H2/b5-1+,8-4+. The molecule has 0 amide bonds. The van der Waals surface area contributed by atoms with Gasteiger partial charge in [0.15, 0.2) is 28.8 Å². The average molecular weight is 386 g/mol. The van der Waals surface area contributed by atoms with Crippen molar-refractivity contribution in [3.8, 4) is 23.0 Å². The molecule has 0 bridgehead atoms. The van der Waals surface area contributed by atoms with Gasteiger partial charge in [0.25, 0.3) is 0 Å². The number of hydrogen-bond donors (Lipinski definition) is 6. The highest BCUT2D eigenvalue weighted by Gasteiger charge is 2.33. The number of aliphatic hydroxyl groups is 2. The first-order valence-electron chi connectivity index (χ1n) is 8.00. The van der Waals surface area contributed by atoms with E-state index in [1.54, 1.807) is 0 Å². The summed E-state index contributed by atoms with van der Waals surface area (Å²) >= 11 is 0. The second kappa shape index (κ2) is 8.38. The van der Waals surface area contributed by atoms with E-state index in [0.717, 1.165) is 18.2 Å². The van der Waals surface area contributed by atoms with E-state index in [1.807, 2.05) is 0 Å². The Morgan fingerprint density at radius 3 is 1.68 bits per heavy atom. The summed E-state index contributed by atoms with van der Waals surface area (Å²) in [7, 11) is 0. The van der Waals surface area contributed by atoms with Gasteiger partial charge in [-0.2, -0.15) is 0 Å². The third-order valence-electron chi connectivity index (χ3n) is 3.70. The predicted octanol–water partition coefficient (Wildman–Crippen LogP) is 1.44. The molecule has 0 aromatic heterocycles. The monoisotopic (exact) mass is 386 g/mol. The molecule has 0 unspecified atom stereocenters. The highest BCUT2D eigenvalue weighted by Crippen LogP contribution is 2.26. The number of phenols is 4. The van der Waals surface area contributed by atoms with Gasteiger partial charge >= 0.3 is 0 Å². The number of phenolic OH excluding ortho intramolecular Hbond substituents is 4. The summed E-state index contributed by atoms with van der Waals surface area (Å²) in [5.41, 5.74) is 0.696. The van der Waals surface area contributed by atoms with Crippen LogP contribution in [-0.4, -0.2) is 48.0 Å². The first-order valence-corrected chi connectivity index (χ1v) is 8.00. The van der Waals surface area contributed by atoms with Gasteiger partial charge in [-0.15, -0.1) is 0 Å². The van der Waals surface area contributed by atoms with Crippen LogP contribution < -0.4 is 0 Å². The molecule has 0 spiro atoms. The topological polar surface area (TPSA) is 156 Å². The molecule has 8 heteroatoms. The quantitative estimate of drug-likeness (QED) is 0.237. The van der Waals surface area contributed by atoms with Crippen molar-refractivity contribution >= 4 is 23.7 Å². The molecule has 8 nitrogen and oxygen atoms in total. The number of carbonyl (C=O) groups excluding carboxylic acids is 2. The third kappa shape index (κ3) is 5.44. The van der Waals surface area contributed by atoms with Crippen molar-refractivity contribution in [3.05, 3.63) is 59.7 Å². The first kappa shape index (κ1) is 20.7. The van der Waals surface area contributed by atoms with Crippen LogP contribution >= 0.6 is 0 Å². The van der Waals surface area contributed by atoms with Crippen LogP contribution in [-0.2, 0) is 9.59 Å². The lowest BCUT2D eigenvalue weighted by molar-refractivity contribution is -0.180. The highest BCUT2D eigenvalue weighted by atomic mass is 16.5. The zero-order valence-electron chi connectivity index (χ0n) is 14.5. The summed E-state index contributed by atoms with van der Waals surface area (Å²) in [5.74, 6) is -6.31. The summed E-state index contributed by atoms with van der Waals surface area (Å²) < 4.78 is 0. The number of ketones is 2. The molecule has 0 radical (unpaired) electrons. The van der Waals surface area contributed by atoms with E-state index >= 15 is 0 Å². The predicted molar refractivity (Wildman–Crippen MR) is 99.4 cm³/mol. The van der Waals surface area contributed by atoms with Gasteiger partial charge in [0.05, 0.1) is 6.42 Å².